The van der Waals surface area contributed by atoms with Gasteiger partial charge in [-0.25, -0.2) is 0 Å². The maximum absolute atomic E-state index is 8.82. The molecule has 2 aliphatic rings. The van der Waals surface area contributed by atoms with Gasteiger partial charge in [-0.15, -0.1) is 0 Å². The lowest BCUT2D eigenvalue weighted by molar-refractivity contribution is 0.217. The van der Waals surface area contributed by atoms with Gasteiger partial charge in [0.1, 0.15) is 12.4 Å². The van der Waals surface area contributed by atoms with E-state index in [-0.39, 0.29) is 0 Å². The number of ether oxygens (including phenoxy) is 1. The van der Waals surface area contributed by atoms with Crippen molar-refractivity contribution in [2.24, 2.45) is 5.92 Å². The molecule has 2 heterocycles. The highest BCUT2D eigenvalue weighted by Gasteiger charge is 2.37. The molecule has 1 saturated heterocycles. The van der Waals surface area contributed by atoms with Gasteiger partial charge >= 0.3 is 0 Å². The maximum atomic E-state index is 8.82. The summed E-state index contributed by atoms with van der Waals surface area (Å²) in [5, 5.41) is 12.2. The van der Waals surface area contributed by atoms with Crippen molar-refractivity contribution in [3.63, 3.8) is 0 Å². The van der Waals surface area contributed by atoms with Gasteiger partial charge in [-0.2, -0.15) is 0 Å². The van der Waals surface area contributed by atoms with Crippen LogP contribution in [0, 0.1) is 5.92 Å². The minimum absolute atomic E-state index is 0.317. The number of aromatic nitrogens is 1. The van der Waals surface area contributed by atoms with Crippen molar-refractivity contribution in [2.75, 3.05) is 19.8 Å². The summed E-state index contributed by atoms with van der Waals surface area (Å²) >= 11 is 0. The molecule has 3 rings (SSSR count). The van der Waals surface area contributed by atoms with Gasteiger partial charge in [0.2, 0.25) is 0 Å². The van der Waals surface area contributed by atoms with Crippen LogP contribution in [0.4, 0.5) is 0 Å². The van der Waals surface area contributed by atoms with Gasteiger partial charge in [-0.1, -0.05) is 6.42 Å². The second kappa shape index (κ2) is 6.55. The van der Waals surface area contributed by atoms with E-state index in [2.05, 4.69) is 16.4 Å². The Morgan fingerprint density at radius 2 is 2.25 bits per heavy atom. The molecule has 4 heteroatoms. The third-order valence-electron chi connectivity index (χ3n) is 4.45. The Kier molecular flexibility index (Phi) is 4.53. The maximum Gasteiger partial charge on any atom is 0.137 e. The fraction of sp³-hybridized carbons (Fsp3) is 0.688. The van der Waals surface area contributed by atoms with Gasteiger partial charge in [0.05, 0.1) is 6.20 Å². The average molecular weight is 276 g/mol. The predicted molar refractivity (Wildman–Crippen MR) is 77.9 cm³/mol. The molecule has 0 amide bonds. The number of unbranched alkanes of at least 4 members (excludes halogenated alkanes) is 1. The second-order valence-corrected chi connectivity index (χ2v) is 6.03. The summed E-state index contributed by atoms with van der Waals surface area (Å²) in [6.45, 7) is 2.18. The number of hydrogen-bond donors (Lipinski definition) is 2. The molecular formula is C16H24N2O2. The SMILES string of the molecule is OCCCC[C@@H]1C[C@H]1c1cncc(OC[C@@H]2CCN2)c1. The number of aliphatic hydroxyl groups is 1. The van der Waals surface area contributed by atoms with Crippen LogP contribution < -0.4 is 10.1 Å². The monoisotopic (exact) mass is 276 g/mol. The number of nitrogens with zero attached hydrogens (tertiary/aromatic N) is 1. The number of hydrogen-bond acceptors (Lipinski definition) is 4. The predicted octanol–water partition coefficient (Wildman–Crippen LogP) is 2.09. The van der Waals surface area contributed by atoms with Gasteiger partial charge < -0.3 is 15.2 Å². The molecule has 1 saturated carbocycles. The Labute approximate surface area is 120 Å². The highest BCUT2D eigenvalue weighted by molar-refractivity contribution is 5.30. The Bertz CT molecular complexity index is 434. The largest absolute Gasteiger partial charge is 0.490 e. The van der Waals surface area contributed by atoms with E-state index >= 15 is 0 Å². The van der Waals surface area contributed by atoms with E-state index in [1.165, 1.54) is 24.8 Å². The van der Waals surface area contributed by atoms with E-state index in [1.54, 1.807) is 0 Å². The van der Waals surface area contributed by atoms with E-state index in [0.717, 1.165) is 37.7 Å². The van der Waals surface area contributed by atoms with Crippen LogP contribution in [0.3, 0.4) is 0 Å². The van der Waals surface area contributed by atoms with Gasteiger partial charge in [0, 0.05) is 18.8 Å². The molecule has 0 radical (unpaired) electrons. The first-order chi connectivity index (χ1) is 9.86. The lowest BCUT2D eigenvalue weighted by Crippen LogP contribution is -2.46. The third-order valence-corrected chi connectivity index (χ3v) is 4.45. The molecule has 3 atom stereocenters. The molecule has 1 aromatic rings. The number of aliphatic hydroxyl groups excluding tert-OH is 1. The fourth-order valence-corrected chi connectivity index (χ4v) is 2.90. The van der Waals surface area contributed by atoms with E-state index in [0.29, 0.717) is 18.6 Å². The Morgan fingerprint density at radius 3 is 3.00 bits per heavy atom. The van der Waals surface area contributed by atoms with E-state index in [4.69, 9.17) is 9.84 Å². The fourth-order valence-electron chi connectivity index (χ4n) is 2.90. The molecule has 4 nitrogen and oxygen atoms in total. The molecule has 2 N–H and O–H groups in total. The molecule has 2 fully saturated rings. The van der Waals surface area contributed by atoms with Crippen molar-refractivity contribution < 1.29 is 9.84 Å². The molecule has 0 unspecified atom stereocenters. The van der Waals surface area contributed by atoms with Gasteiger partial charge in [-0.05, 0) is 55.7 Å². The highest BCUT2D eigenvalue weighted by Crippen LogP contribution is 2.50. The van der Waals surface area contributed by atoms with E-state index in [9.17, 15) is 0 Å². The molecule has 20 heavy (non-hydrogen) atoms. The van der Waals surface area contributed by atoms with Crippen molar-refractivity contribution >= 4 is 0 Å². The number of pyridine rings is 1. The van der Waals surface area contributed by atoms with Crippen LogP contribution in [0.1, 0.15) is 43.6 Å². The summed E-state index contributed by atoms with van der Waals surface area (Å²) in [5.41, 5.74) is 1.32. The molecule has 0 spiro atoms. The summed E-state index contributed by atoms with van der Waals surface area (Å²) < 4.78 is 5.80. The van der Waals surface area contributed by atoms with Crippen LogP contribution in [-0.4, -0.2) is 35.9 Å². The van der Waals surface area contributed by atoms with Crippen LogP contribution in [-0.2, 0) is 0 Å². The van der Waals surface area contributed by atoms with Crippen molar-refractivity contribution in [3.05, 3.63) is 24.0 Å². The summed E-state index contributed by atoms with van der Waals surface area (Å²) in [6.07, 6.45) is 9.55. The standard InChI is InChI=1S/C16H24N2O2/c19-6-2-1-3-12-8-16(12)13-7-15(10-17-9-13)20-11-14-4-5-18-14/h7,9-10,12,14,16,18-19H,1-6,8,11H2/t12-,14+,16-/m1/s1. The van der Waals surface area contributed by atoms with Crippen molar-refractivity contribution in [1.82, 2.24) is 10.3 Å². The zero-order chi connectivity index (χ0) is 13.8. The molecule has 0 bridgehead atoms. The first-order valence-corrected chi connectivity index (χ1v) is 7.79. The second-order valence-electron chi connectivity index (χ2n) is 6.03. The molecule has 1 aliphatic heterocycles. The zero-order valence-corrected chi connectivity index (χ0v) is 11.9. The van der Waals surface area contributed by atoms with Gasteiger partial charge in [0.25, 0.3) is 0 Å². The lowest BCUT2D eigenvalue weighted by Gasteiger charge is -2.27. The highest BCUT2D eigenvalue weighted by atomic mass is 16.5. The van der Waals surface area contributed by atoms with Crippen molar-refractivity contribution in [1.29, 1.82) is 0 Å². The van der Waals surface area contributed by atoms with Crippen molar-refractivity contribution in [2.45, 2.75) is 44.1 Å². The number of nitrogens with one attached hydrogen (secondary N) is 1. The molecular weight excluding hydrogens is 252 g/mol. The quantitative estimate of drug-likeness (QED) is 0.714. The minimum Gasteiger partial charge on any atom is -0.490 e. The lowest BCUT2D eigenvalue weighted by atomic mass is 10.1. The molecule has 1 aliphatic carbocycles. The average Bonchev–Trinajstić information content (AvgIpc) is 3.17. The Balaban J connectivity index is 1.47. The van der Waals surface area contributed by atoms with E-state index in [1.807, 2.05) is 12.4 Å². The zero-order valence-electron chi connectivity index (χ0n) is 11.9. The normalized spacial score (nSPS) is 27.9. The molecule has 110 valence electrons. The smallest absolute Gasteiger partial charge is 0.137 e. The van der Waals surface area contributed by atoms with Crippen LogP contribution in [0.2, 0.25) is 0 Å². The van der Waals surface area contributed by atoms with Crippen LogP contribution in [0.15, 0.2) is 18.5 Å². The first-order valence-electron chi connectivity index (χ1n) is 7.79. The van der Waals surface area contributed by atoms with E-state index < -0.39 is 0 Å². The minimum atomic E-state index is 0.317. The van der Waals surface area contributed by atoms with Gasteiger partial charge in [-0.3, -0.25) is 4.98 Å². The van der Waals surface area contributed by atoms with Crippen LogP contribution in [0.5, 0.6) is 5.75 Å². The summed E-state index contributed by atoms with van der Waals surface area (Å²) in [7, 11) is 0. The van der Waals surface area contributed by atoms with Crippen molar-refractivity contribution in [3.8, 4) is 5.75 Å². The van der Waals surface area contributed by atoms with Gasteiger partial charge in [0.15, 0.2) is 0 Å². The summed E-state index contributed by atoms with van der Waals surface area (Å²) in [6, 6.07) is 2.67. The topological polar surface area (TPSA) is 54.4 Å². The Hall–Kier alpha value is -1.13. The number of rotatable bonds is 8. The molecule has 1 aromatic heterocycles. The molecule has 0 aromatic carbocycles. The third kappa shape index (κ3) is 3.49. The van der Waals surface area contributed by atoms with Crippen LogP contribution in [0.25, 0.3) is 0 Å². The summed E-state index contributed by atoms with van der Waals surface area (Å²) in [4.78, 5) is 4.31. The Morgan fingerprint density at radius 1 is 1.35 bits per heavy atom. The first kappa shape index (κ1) is 13.8. The van der Waals surface area contributed by atoms with Crippen LogP contribution >= 0.6 is 0 Å². The summed E-state index contributed by atoms with van der Waals surface area (Å²) in [5.74, 6) is 2.34.